The third-order valence-corrected chi connectivity index (χ3v) is 5.05. The van der Waals surface area contributed by atoms with Crippen LogP contribution in [0.15, 0.2) is 59.5 Å². The van der Waals surface area contributed by atoms with Gasteiger partial charge in [-0.15, -0.1) is 12.6 Å². The summed E-state index contributed by atoms with van der Waals surface area (Å²) in [6, 6.07) is 12.8. The topological polar surface area (TPSA) is 29.5 Å². The summed E-state index contributed by atoms with van der Waals surface area (Å²) in [5.74, 6) is -2.56. The summed E-state index contributed by atoms with van der Waals surface area (Å²) in [7, 11) is 0. The first kappa shape index (κ1) is 18.5. The number of hydrogen-bond donors (Lipinski definition) is 2. The first-order chi connectivity index (χ1) is 13.3. The molecule has 0 fully saturated rings. The number of rotatable bonds is 2. The van der Waals surface area contributed by atoms with Crippen LogP contribution in [0.3, 0.4) is 0 Å². The molecule has 1 atom stereocenters. The maximum absolute atomic E-state index is 14.6. The van der Waals surface area contributed by atoms with E-state index >= 15 is 0 Å². The molecule has 0 spiro atoms. The minimum absolute atomic E-state index is 0.000947. The highest BCUT2D eigenvalue weighted by molar-refractivity contribution is 7.80. The van der Waals surface area contributed by atoms with Crippen molar-refractivity contribution >= 4 is 23.8 Å². The molecule has 6 heteroatoms. The number of hydrogen-bond acceptors (Lipinski definition) is 3. The monoisotopic (exact) mass is 400 g/mol. The largest absolute Gasteiger partial charge is 0.508 e. The van der Waals surface area contributed by atoms with Crippen molar-refractivity contribution in [2.45, 2.75) is 17.9 Å². The summed E-state index contributed by atoms with van der Waals surface area (Å²) >= 11 is 4.26. The van der Waals surface area contributed by atoms with Crippen LogP contribution in [-0.4, -0.2) is 5.11 Å². The summed E-state index contributed by atoms with van der Waals surface area (Å²) in [5, 5.41) is 9.84. The Labute approximate surface area is 165 Å². The lowest BCUT2D eigenvalue weighted by atomic mass is 9.85. The van der Waals surface area contributed by atoms with Crippen molar-refractivity contribution in [2.75, 3.05) is 0 Å². The van der Waals surface area contributed by atoms with Crippen molar-refractivity contribution in [2.24, 2.45) is 0 Å². The van der Waals surface area contributed by atoms with E-state index in [0.29, 0.717) is 34.6 Å². The minimum Gasteiger partial charge on any atom is -0.508 e. The van der Waals surface area contributed by atoms with E-state index in [1.165, 1.54) is 12.1 Å². The van der Waals surface area contributed by atoms with E-state index in [1.807, 2.05) is 0 Å². The van der Waals surface area contributed by atoms with Crippen molar-refractivity contribution in [1.82, 2.24) is 0 Å². The molecule has 142 valence electrons. The number of benzene rings is 3. The molecule has 0 saturated heterocycles. The molecule has 1 N–H and O–H groups in total. The van der Waals surface area contributed by atoms with Crippen LogP contribution in [0.25, 0.3) is 11.1 Å². The quantitative estimate of drug-likeness (QED) is 0.504. The Bertz CT molecular complexity index is 1080. The molecule has 1 aliphatic heterocycles. The van der Waals surface area contributed by atoms with E-state index in [1.54, 1.807) is 37.3 Å². The molecule has 1 unspecified atom stereocenters. The van der Waals surface area contributed by atoms with Crippen molar-refractivity contribution in [3.8, 4) is 11.5 Å². The van der Waals surface area contributed by atoms with E-state index in [2.05, 4.69) is 12.6 Å². The van der Waals surface area contributed by atoms with Gasteiger partial charge in [0.1, 0.15) is 35.1 Å². The van der Waals surface area contributed by atoms with Gasteiger partial charge in [0.25, 0.3) is 0 Å². The van der Waals surface area contributed by atoms with E-state index < -0.39 is 23.6 Å². The molecule has 1 aliphatic rings. The number of thiol groups is 1. The fraction of sp³-hybridized carbons (Fsp3) is 0.0909. The third kappa shape index (κ3) is 3.14. The fourth-order valence-electron chi connectivity index (χ4n) is 3.44. The summed E-state index contributed by atoms with van der Waals surface area (Å²) in [5.41, 5.74) is 1.59. The number of phenols is 1. The average molecular weight is 400 g/mol. The van der Waals surface area contributed by atoms with Gasteiger partial charge < -0.3 is 9.84 Å². The Hall–Kier alpha value is -2.86. The molecular formula is C22H15F3O2S. The summed E-state index contributed by atoms with van der Waals surface area (Å²) < 4.78 is 48.8. The molecule has 2 nitrogen and oxygen atoms in total. The van der Waals surface area contributed by atoms with Gasteiger partial charge in [-0.25, -0.2) is 13.2 Å². The molecule has 0 radical (unpaired) electrons. The summed E-state index contributed by atoms with van der Waals surface area (Å²) in [6.07, 6.45) is -0.819. The van der Waals surface area contributed by atoms with E-state index in [0.717, 1.165) is 4.90 Å². The smallest absolute Gasteiger partial charge is 0.150 e. The highest BCUT2D eigenvalue weighted by Crippen LogP contribution is 2.48. The van der Waals surface area contributed by atoms with Crippen LogP contribution >= 0.6 is 12.6 Å². The van der Waals surface area contributed by atoms with Crippen LogP contribution in [0.1, 0.15) is 29.7 Å². The molecule has 4 rings (SSSR count). The second-order valence-corrected chi connectivity index (χ2v) is 7.07. The van der Waals surface area contributed by atoms with E-state index in [4.69, 9.17) is 4.74 Å². The first-order valence-electron chi connectivity index (χ1n) is 8.50. The molecule has 0 saturated carbocycles. The molecule has 3 aromatic carbocycles. The van der Waals surface area contributed by atoms with Crippen molar-refractivity contribution < 1.29 is 23.0 Å². The number of allylic oxidation sites excluding steroid dienone is 1. The van der Waals surface area contributed by atoms with Gasteiger partial charge in [-0.05, 0) is 48.4 Å². The minimum atomic E-state index is -1.02. The zero-order chi connectivity index (χ0) is 20.0. The molecule has 0 aliphatic carbocycles. The lowest BCUT2D eigenvalue weighted by Gasteiger charge is -2.31. The third-order valence-electron chi connectivity index (χ3n) is 4.75. The van der Waals surface area contributed by atoms with Gasteiger partial charge in [-0.1, -0.05) is 12.1 Å². The average Bonchev–Trinajstić information content (AvgIpc) is 2.64. The highest BCUT2D eigenvalue weighted by atomic mass is 32.1. The zero-order valence-corrected chi connectivity index (χ0v) is 15.6. The van der Waals surface area contributed by atoms with Gasteiger partial charge in [0.2, 0.25) is 0 Å². The number of ether oxygens (including phenoxy) is 1. The standard InChI is InChI=1S/C22H15F3O2S/c1-11-16-10-14(26)4-7-19(16)27-22(12-2-5-15(28)6-3-12)20(11)21-17(24)8-13(23)9-18(21)25/h2-10,22,26,28H,1H3. The van der Waals surface area contributed by atoms with E-state index in [9.17, 15) is 18.3 Å². The summed E-state index contributed by atoms with van der Waals surface area (Å²) in [6.45, 7) is 1.69. The van der Waals surface area contributed by atoms with Crippen molar-refractivity contribution in [1.29, 1.82) is 0 Å². The Kier molecular flexibility index (Phi) is 4.59. The molecule has 0 aromatic heterocycles. The number of halogens is 3. The van der Waals surface area contributed by atoms with Gasteiger partial charge in [-0.3, -0.25) is 0 Å². The first-order valence-corrected chi connectivity index (χ1v) is 8.94. The Morgan fingerprint density at radius 1 is 0.929 bits per heavy atom. The Morgan fingerprint density at radius 2 is 1.57 bits per heavy atom. The highest BCUT2D eigenvalue weighted by Gasteiger charge is 2.33. The SMILES string of the molecule is CC1=C(c2c(F)cc(F)cc2F)C(c2ccc(S)cc2)Oc2ccc(O)cc21. The molecule has 0 bridgehead atoms. The predicted molar refractivity (Wildman–Crippen MR) is 104 cm³/mol. The Morgan fingerprint density at radius 3 is 2.21 bits per heavy atom. The zero-order valence-electron chi connectivity index (χ0n) is 14.7. The van der Waals surface area contributed by atoms with Crippen LogP contribution in [0, 0.1) is 17.5 Å². The summed E-state index contributed by atoms with van der Waals surface area (Å²) in [4.78, 5) is 0.728. The molecule has 28 heavy (non-hydrogen) atoms. The van der Waals surface area contributed by atoms with Gasteiger partial charge in [-0.2, -0.15) is 0 Å². The van der Waals surface area contributed by atoms with Gasteiger partial charge in [0.05, 0.1) is 5.56 Å². The molecule has 0 amide bonds. The second-order valence-electron chi connectivity index (χ2n) is 6.55. The van der Waals surface area contributed by atoms with Gasteiger partial charge >= 0.3 is 0 Å². The van der Waals surface area contributed by atoms with Crippen LogP contribution in [-0.2, 0) is 0 Å². The van der Waals surface area contributed by atoms with Crippen molar-refractivity contribution in [3.63, 3.8) is 0 Å². The second kappa shape index (κ2) is 6.95. The molecule has 1 heterocycles. The maximum Gasteiger partial charge on any atom is 0.150 e. The molecule has 3 aromatic rings. The van der Waals surface area contributed by atoms with Crippen molar-refractivity contribution in [3.05, 3.63) is 88.7 Å². The van der Waals surface area contributed by atoms with Crippen LogP contribution in [0.2, 0.25) is 0 Å². The van der Waals surface area contributed by atoms with Crippen LogP contribution in [0.4, 0.5) is 13.2 Å². The number of phenolic OH excluding ortho intramolecular Hbond substituents is 1. The number of aromatic hydroxyl groups is 1. The maximum atomic E-state index is 14.6. The van der Waals surface area contributed by atoms with E-state index in [-0.39, 0.29) is 16.9 Å². The predicted octanol–water partition coefficient (Wildman–Crippen LogP) is 6.16. The lowest BCUT2D eigenvalue weighted by molar-refractivity contribution is 0.258. The number of fused-ring (bicyclic) bond motifs is 1. The Balaban J connectivity index is 2.01. The van der Waals surface area contributed by atoms with Crippen LogP contribution in [0.5, 0.6) is 11.5 Å². The fourth-order valence-corrected chi connectivity index (χ4v) is 3.59. The lowest BCUT2D eigenvalue weighted by Crippen LogP contribution is -2.18. The van der Waals surface area contributed by atoms with Gasteiger partial charge in [0, 0.05) is 28.2 Å². The normalized spacial score (nSPS) is 16.0. The van der Waals surface area contributed by atoms with Gasteiger partial charge in [0.15, 0.2) is 0 Å². The molecular weight excluding hydrogens is 385 g/mol. The van der Waals surface area contributed by atoms with Crippen LogP contribution < -0.4 is 4.74 Å².